The lowest BCUT2D eigenvalue weighted by atomic mass is 9.85. The van der Waals surface area contributed by atoms with E-state index in [-0.39, 0.29) is 11.2 Å². The van der Waals surface area contributed by atoms with Crippen LogP contribution in [0.15, 0.2) is 18.2 Å². The van der Waals surface area contributed by atoms with Crippen LogP contribution in [0.5, 0.6) is 11.5 Å². The fraction of sp³-hybridized carbons (Fsp3) is 0.429. The minimum absolute atomic E-state index is 0.102. The second-order valence-electron chi connectivity index (χ2n) is 4.87. The molecule has 2 heteroatoms. The molecule has 1 rings (SSSR count). The normalized spacial score (nSPS) is 12.1. The Balaban J connectivity index is 3.42. The van der Waals surface area contributed by atoms with E-state index in [4.69, 9.17) is 4.74 Å². The van der Waals surface area contributed by atoms with Gasteiger partial charge in [-0.3, -0.25) is 0 Å². The summed E-state index contributed by atoms with van der Waals surface area (Å²) in [6, 6.07) is 3.84. The fourth-order valence-electron chi connectivity index (χ4n) is 1.65. The molecule has 1 aromatic carbocycles. The number of phenols is 1. The van der Waals surface area contributed by atoms with Gasteiger partial charge in [0.25, 0.3) is 0 Å². The maximum Gasteiger partial charge on any atom is 0.161 e. The summed E-state index contributed by atoms with van der Waals surface area (Å²) in [7, 11) is 1.57. The van der Waals surface area contributed by atoms with Crippen LogP contribution < -0.4 is 4.74 Å². The predicted octanol–water partition coefficient (Wildman–Crippen LogP) is 3.73. The molecule has 0 amide bonds. The largest absolute Gasteiger partial charge is 0.504 e. The summed E-state index contributed by atoms with van der Waals surface area (Å²) in [5.41, 5.74) is 1.84. The minimum Gasteiger partial charge on any atom is -0.504 e. The highest BCUT2D eigenvalue weighted by Gasteiger charge is 2.21. The van der Waals surface area contributed by atoms with Crippen molar-refractivity contribution in [3.63, 3.8) is 0 Å². The van der Waals surface area contributed by atoms with Crippen molar-refractivity contribution in [1.29, 1.82) is 0 Å². The molecule has 16 heavy (non-hydrogen) atoms. The molecular weight excluding hydrogens is 200 g/mol. The van der Waals surface area contributed by atoms with Crippen LogP contribution in [-0.4, -0.2) is 12.2 Å². The van der Waals surface area contributed by atoms with Crippen LogP contribution >= 0.6 is 0 Å². The maximum absolute atomic E-state index is 10.1. The number of hydrogen-bond donors (Lipinski definition) is 1. The number of aromatic hydroxyl groups is 1. The van der Waals surface area contributed by atoms with Gasteiger partial charge in [0.05, 0.1) is 7.11 Å². The van der Waals surface area contributed by atoms with Gasteiger partial charge in [-0.1, -0.05) is 32.9 Å². The van der Waals surface area contributed by atoms with Gasteiger partial charge in [0.15, 0.2) is 11.5 Å². The molecule has 0 aliphatic rings. The van der Waals surface area contributed by atoms with E-state index in [1.807, 2.05) is 31.2 Å². The quantitative estimate of drug-likeness (QED) is 0.822. The van der Waals surface area contributed by atoms with E-state index in [2.05, 4.69) is 20.8 Å². The van der Waals surface area contributed by atoms with E-state index >= 15 is 0 Å². The lowest BCUT2D eigenvalue weighted by Gasteiger charge is -2.22. The van der Waals surface area contributed by atoms with Gasteiger partial charge in [-0.2, -0.15) is 0 Å². The van der Waals surface area contributed by atoms with E-state index in [0.717, 1.165) is 11.1 Å². The zero-order chi connectivity index (χ0) is 12.3. The monoisotopic (exact) mass is 220 g/mol. The minimum atomic E-state index is -0.102. The smallest absolute Gasteiger partial charge is 0.161 e. The topological polar surface area (TPSA) is 29.5 Å². The van der Waals surface area contributed by atoms with Crippen molar-refractivity contribution in [2.24, 2.45) is 0 Å². The first-order chi connectivity index (χ1) is 7.40. The van der Waals surface area contributed by atoms with Crippen LogP contribution in [0.2, 0.25) is 0 Å². The van der Waals surface area contributed by atoms with E-state index in [1.54, 1.807) is 7.11 Å². The summed E-state index contributed by atoms with van der Waals surface area (Å²) in [5.74, 6) is 0.767. The number of allylic oxidation sites excluding steroid dienone is 1. The number of benzene rings is 1. The second kappa shape index (κ2) is 4.60. The molecule has 0 unspecified atom stereocenters. The van der Waals surface area contributed by atoms with Gasteiger partial charge < -0.3 is 9.84 Å². The Morgan fingerprint density at radius 1 is 1.25 bits per heavy atom. The van der Waals surface area contributed by atoms with Crippen molar-refractivity contribution >= 4 is 6.08 Å². The summed E-state index contributed by atoms with van der Waals surface area (Å²) in [4.78, 5) is 0. The van der Waals surface area contributed by atoms with E-state index in [1.165, 1.54) is 0 Å². The van der Waals surface area contributed by atoms with Gasteiger partial charge in [-0.05, 0) is 30.0 Å². The van der Waals surface area contributed by atoms with Gasteiger partial charge in [0.2, 0.25) is 0 Å². The first-order valence-electron chi connectivity index (χ1n) is 5.44. The molecule has 0 atom stereocenters. The third-order valence-corrected chi connectivity index (χ3v) is 2.48. The average Bonchev–Trinajstić information content (AvgIpc) is 2.19. The molecular formula is C14H20O2. The molecule has 0 aromatic heterocycles. The fourth-order valence-corrected chi connectivity index (χ4v) is 1.65. The first kappa shape index (κ1) is 12.6. The molecule has 0 radical (unpaired) electrons. The highest BCUT2D eigenvalue weighted by atomic mass is 16.5. The molecule has 0 spiro atoms. The Morgan fingerprint density at radius 3 is 2.31 bits per heavy atom. The number of methoxy groups -OCH3 is 1. The van der Waals surface area contributed by atoms with Crippen LogP contribution in [0, 0.1) is 0 Å². The maximum atomic E-state index is 10.1. The molecule has 0 aliphatic carbocycles. The van der Waals surface area contributed by atoms with Gasteiger partial charge >= 0.3 is 0 Å². The van der Waals surface area contributed by atoms with Gasteiger partial charge in [0.1, 0.15) is 0 Å². The van der Waals surface area contributed by atoms with Crippen molar-refractivity contribution in [3.8, 4) is 11.5 Å². The van der Waals surface area contributed by atoms with Crippen LogP contribution in [0.4, 0.5) is 0 Å². The van der Waals surface area contributed by atoms with Crippen molar-refractivity contribution < 1.29 is 9.84 Å². The highest BCUT2D eigenvalue weighted by Crippen LogP contribution is 2.38. The molecule has 0 aliphatic heterocycles. The Hall–Kier alpha value is -1.44. The molecule has 0 bridgehead atoms. The van der Waals surface area contributed by atoms with Crippen LogP contribution in [-0.2, 0) is 5.41 Å². The van der Waals surface area contributed by atoms with Crippen molar-refractivity contribution in [3.05, 3.63) is 29.3 Å². The molecule has 88 valence electrons. The van der Waals surface area contributed by atoms with Crippen LogP contribution in [0.3, 0.4) is 0 Å². The van der Waals surface area contributed by atoms with E-state index in [0.29, 0.717) is 5.75 Å². The third-order valence-electron chi connectivity index (χ3n) is 2.48. The number of hydrogen-bond acceptors (Lipinski definition) is 2. The Kier molecular flexibility index (Phi) is 3.63. The first-order valence-corrected chi connectivity index (χ1v) is 5.44. The molecule has 1 N–H and O–H groups in total. The lowest BCUT2D eigenvalue weighted by Crippen LogP contribution is -2.12. The molecule has 0 saturated heterocycles. The standard InChI is InChI=1S/C14H20O2/c1-6-7-10-8-11(14(2,3)4)13(15)12(9-10)16-5/h6-9,15H,1-5H3. The highest BCUT2D eigenvalue weighted by molar-refractivity contribution is 5.60. The zero-order valence-electron chi connectivity index (χ0n) is 10.7. The average molecular weight is 220 g/mol. The van der Waals surface area contributed by atoms with Crippen LogP contribution in [0.25, 0.3) is 6.08 Å². The molecule has 1 aromatic rings. The Bertz CT molecular complexity index is 398. The summed E-state index contributed by atoms with van der Waals surface area (Å²) in [6.45, 7) is 8.18. The number of rotatable bonds is 2. The number of ether oxygens (including phenoxy) is 1. The summed E-state index contributed by atoms with van der Waals surface area (Å²) < 4.78 is 5.18. The van der Waals surface area contributed by atoms with Gasteiger partial charge in [-0.25, -0.2) is 0 Å². The van der Waals surface area contributed by atoms with E-state index in [9.17, 15) is 5.11 Å². The van der Waals surface area contributed by atoms with Crippen molar-refractivity contribution in [2.45, 2.75) is 33.1 Å². The number of phenolic OH excluding ortho intramolecular Hbond substituents is 1. The molecule has 0 fully saturated rings. The Labute approximate surface area is 97.6 Å². The zero-order valence-corrected chi connectivity index (χ0v) is 10.7. The predicted molar refractivity (Wildman–Crippen MR) is 68.1 cm³/mol. The SMILES string of the molecule is CC=Cc1cc(OC)c(O)c(C(C)(C)C)c1. The lowest BCUT2D eigenvalue weighted by molar-refractivity contribution is 0.364. The molecule has 0 heterocycles. The van der Waals surface area contributed by atoms with Crippen molar-refractivity contribution in [1.82, 2.24) is 0 Å². The van der Waals surface area contributed by atoms with Gasteiger partial charge in [-0.15, -0.1) is 0 Å². The van der Waals surface area contributed by atoms with Crippen molar-refractivity contribution in [2.75, 3.05) is 7.11 Å². The summed E-state index contributed by atoms with van der Waals surface area (Å²) >= 11 is 0. The molecule has 0 saturated carbocycles. The van der Waals surface area contributed by atoms with E-state index < -0.39 is 0 Å². The second-order valence-corrected chi connectivity index (χ2v) is 4.87. The molecule has 2 nitrogen and oxygen atoms in total. The van der Waals surface area contributed by atoms with Gasteiger partial charge in [0, 0.05) is 5.56 Å². The third kappa shape index (κ3) is 2.57. The summed E-state index contributed by atoms with van der Waals surface area (Å²) in [5, 5.41) is 10.1. The van der Waals surface area contributed by atoms with Crippen LogP contribution in [0.1, 0.15) is 38.8 Å². The Morgan fingerprint density at radius 2 is 1.88 bits per heavy atom. The summed E-state index contributed by atoms with van der Waals surface area (Å²) in [6.07, 6.45) is 3.97.